The molecule has 23 heavy (non-hydrogen) atoms. The summed E-state index contributed by atoms with van der Waals surface area (Å²) in [5.41, 5.74) is 1.95. The van der Waals surface area contributed by atoms with Crippen LogP contribution in [0.1, 0.15) is 42.3 Å². The molecule has 0 radical (unpaired) electrons. The highest BCUT2D eigenvalue weighted by Crippen LogP contribution is 2.30. The van der Waals surface area contributed by atoms with E-state index < -0.39 is 0 Å². The van der Waals surface area contributed by atoms with Gasteiger partial charge in [0, 0.05) is 12.6 Å². The molecule has 0 N–H and O–H groups in total. The lowest BCUT2D eigenvalue weighted by molar-refractivity contribution is -0.137. The zero-order valence-corrected chi connectivity index (χ0v) is 13.6. The predicted molar refractivity (Wildman–Crippen MR) is 86.2 cm³/mol. The average molecular weight is 314 g/mol. The number of rotatable bonds is 4. The van der Waals surface area contributed by atoms with E-state index in [0.29, 0.717) is 0 Å². The summed E-state index contributed by atoms with van der Waals surface area (Å²) in [4.78, 5) is 14.5. The van der Waals surface area contributed by atoms with Crippen molar-refractivity contribution in [2.45, 2.75) is 39.2 Å². The van der Waals surface area contributed by atoms with Crippen molar-refractivity contribution in [3.8, 4) is 5.75 Å². The number of likely N-dealkylation sites (tertiary alicyclic amines) is 1. The summed E-state index contributed by atoms with van der Waals surface area (Å²) in [5.74, 6) is 1.50. The summed E-state index contributed by atoms with van der Waals surface area (Å²) < 4.78 is 10.8. The molecule has 0 bridgehead atoms. The van der Waals surface area contributed by atoms with Crippen LogP contribution in [0.5, 0.6) is 5.75 Å². The maximum absolute atomic E-state index is 12.6. The van der Waals surface area contributed by atoms with Gasteiger partial charge in [-0.1, -0.05) is 17.3 Å². The van der Waals surface area contributed by atoms with E-state index in [4.69, 9.17) is 9.26 Å². The van der Waals surface area contributed by atoms with E-state index in [9.17, 15) is 4.79 Å². The smallest absolute Gasteiger partial charge is 0.261 e. The first-order valence-electron chi connectivity index (χ1n) is 8.05. The molecule has 1 aliphatic heterocycles. The number of hydrogen-bond acceptors (Lipinski definition) is 4. The molecular weight excluding hydrogens is 292 g/mol. The zero-order chi connectivity index (χ0) is 16.2. The molecule has 122 valence electrons. The zero-order valence-electron chi connectivity index (χ0n) is 13.6. The molecule has 1 fully saturated rings. The maximum atomic E-state index is 12.6. The minimum atomic E-state index is -0.00481. The Balaban J connectivity index is 1.66. The molecule has 3 rings (SSSR count). The van der Waals surface area contributed by atoms with Crippen LogP contribution in [0, 0.1) is 13.8 Å². The Morgan fingerprint density at radius 2 is 2.22 bits per heavy atom. The first kappa shape index (κ1) is 15.6. The minimum Gasteiger partial charge on any atom is -0.484 e. The fourth-order valence-corrected chi connectivity index (χ4v) is 3.01. The van der Waals surface area contributed by atoms with Crippen molar-refractivity contribution in [2.75, 3.05) is 13.2 Å². The molecule has 0 unspecified atom stereocenters. The van der Waals surface area contributed by atoms with Gasteiger partial charge in [-0.2, -0.15) is 0 Å². The largest absolute Gasteiger partial charge is 0.484 e. The van der Waals surface area contributed by atoms with Crippen LogP contribution in [0.2, 0.25) is 0 Å². The average Bonchev–Trinajstić information content (AvgIpc) is 2.99. The number of ether oxygens (including phenoxy) is 1. The molecule has 5 heteroatoms. The Morgan fingerprint density at radius 3 is 2.96 bits per heavy atom. The van der Waals surface area contributed by atoms with Gasteiger partial charge in [0.1, 0.15) is 17.2 Å². The molecular formula is C18H22N2O3. The lowest BCUT2D eigenvalue weighted by atomic mass is 9.99. The Hall–Kier alpha value is -2.30. The van der Waals surface area contributed by atoms with Crippen LogP contribution >= 0.6 is 0 Å². The lowest BCUT2D eigenvalue weighted by Crippen LogP contribution is -2.41. The van der Waals surface area contributed by atoms with Crippen molar-refractivity contribution in [2.24, 2.45) is 0 Å². The first-order valence-corrected chi connectivity index (χ1v) is 8.05. The van der Waals surface area contributed by atoms with Crippen LogP contribution in [-0.4, -0.2) is 29.1 Å². The summed E-state index contributed by atoms with van der Waals surface area (Å²) >= 11 is 0. The van der Waals surface area contributed by atoms with Gasteiger partial charge in [-0.25, -0.2) is 0 Å². The quantitative estimate of drug-likeness (QED) is 0.867. The van der Waals surface area contributed by atoms with Crippen molar-refractivity contribution in [3.05, 3.63) is 47.3 Å². The van der Waals surface area contributed by atoms with Gasteiger partial charge in [0.2, 0.25) is 0 Å². The van der Waals surface area contributed by atoms with Crippen molar-refractivity contribution < 1.29 is 14.1 Å². The monoisotopic (exact) mass is 314 g/mol. The van der Waals surface area contributed by atoms with Crippen LogP contribution < -0.4 is 4.74 Å². The molecule has 1 amide bonds. The summed E-state index contributed by atoms with van der Waals surface area (Å²) in [6.07, 6.45) is 3.03. The number of piperidine rings is 1. The number of amides is 1. The minimum absolute atomic E-state index is 0.00291. The SMILES string of the molecule is Cc1cccc(OCC(=O)N2CCCC[C@H]2c2cc(C)on2)c1. The van der Waals surface area contributed by atoms with Crippen LogP contribution in [0.4, 0.5) is 0 Å². The second-order valence-corrected chi connectivity index (χ2v) is 6.07. The molecule has 0 aliphatic carbocycles. The highest BCUT2D eigenvalue weighted by molar-refractivity contribution is 5.78. The fraction of sp³-hybridized carbons (Fsp3) is 0.444. The number of aromatic nitrogens is 1. The Labute approximate surface area is 136 Å². The van der Waals surface area contributed by atoms with E-state index in [1.807, 2.05) is 49.1 Å². The van der Waals surface area contributed by atoms with E-state index in [1.165, 1.54) is 0 Å². The van der Waals surface area contributed by atoms with Crippen LogP contribution in [0.15, 0.2) is 34.9 Å². The number of aryl methyl sites for hydroxylation is 2. The van der Waals surface area contributed by atoms with Gasteiger partial charge in [0.25, 0.3) is 5.91 Å². The molecule has 1 aliphatic rings. The van der Waals surface area contributed by atoms with E-state index in [1.54, 1.807) is 0 Å². The van der Waals surface area contributed by atoms with E-state index in [0.717, 1.165) is 48.6 Å². The van der Waals surface area contributed by atoms with Gasteiger partial charge < -0.3 is 14.2 Å². The number of carbonyl (C=O) groups excluding carboxylic acids is 1. The molecule has 1 atom stereocenters. The molecule has 5 nitrogen and oxygen atoms in total. The van der Waals surface area contributed by atoms with Crippen LogP contribution in [0.25, 0.3) is 0 Å². The van der Waals surface area contributed by atoms with Gasteiger partial charge in [-0.15, -0.1) is 0 Å². The summed E-state index contributed by atoms with van der Waals surface area (Å²) in [6.45, 7) is 4.66. The first-order chi connectivity index (χ1) is 11.1. The number of carbonyl (C=O) groups is 1. The molecule has 1 saturated heterocycles. The number of hydrogen-bond donors (Lipinski definition) is 0. The topological polar surface area (TPSA) is 55.6 Å². The van der Waals surface area contributed by atoms with Gasteiger partial charge in [0.15, 0.2) is 6.61 Å². The van der Waals surface area contributed by atoms with Gasteiger partial charge in [-0.3, -0.25) is 4.79 Å². The Bertz CT molecular complexity index is 680. The molecule has 0 saturated carbocycles. The highest BCUT2D eigenvalue weighted by Gasteiger charge is 2.30. The lowest BCUT2D eigenvalue weighted by Gasteiger charge is -2.34. The van der Waals surface area contributed by atoms with Gasteiger partial charge in [0.05, 0.1) is 6.04 Å². The number of nitrogens with zero attached hydrogens (tertiary/aromatic N) is 2. The van der Waals surface area contributed by atoms with Crippen LogP contribution in [0.3, 0.4) is 0 Å². The van der Waals surface area contributed by atoms with E-state index in [-0.39, 0.29) is 18.6 Å². The van der Waals surface area contributed by atoms with Gasteiger partial charge in [-0.05, 0) is 50.8 Å². The highest BCUT2D eigenvalue weighted by atomic mass is 16.5. The van der Waals surface area contributed by atoms with Crippen molar-refractivity contribution in [1.82, 2.24) is 10.1 Å². The second-order valence-electron chi connectivity index (χ2n) is 6.07. The maximum Gasteiger partial charge on any atom is 0.261 e. The third-order valence-corrected chi connectivity index (χ3v) is 4.16. The van der Waals surface area contributed by atoms with Crippen molar-refractivity contribution in [3.63, 3.8) is 0 Å². The van der Waals surface area contributed by atoms with Crippen LogP contribution in [-0.2, 0) is 4.79 Å². The van der Waals surface area contributed by atoms with Gasteiger partial charge >= 0.3 is 0 Å². The fourth-order valence-electron chi connectivity index (χ4n) is 3.01. The van der Waals surface area contributed by atoms with E-state index in [2.05, 4.69) is 5.16 Å². The second kappa shape index (κ2) is 6.86. The standard InChI is InChI=1S/C18H22N2O3/c1-13-6-5-7-15(10-13)22-12-18(21)20-9-4-3-8-17(20)16-11-14(2)23-19-16/h5-7,10-11,17H,3-4,8-9,12H2,1-2H3/t17-/m0/s1. The summed E-state index contributed by atoms with van der Waals surface area (Å²) in [6, 6.07) is 9.64. The normalized spacial score (nSPS) is 18.0. The predicted octanol–water partition coefficient (Wildman–Crippen LogP) is 3.42. The molecule has 2 heterocycles. The molecule has 0 spiro atoms. The Kier molecular flexibility index (Phi) is 4.65. The van der Waals surface area contributed by atoms with Crippen molar-refractivity contribution in [1.29, 1.82) is 0 Å². The molecule has 1 aromatic carbocycles. The summed E-state index contributed by atoms with van der Waals surface area (Å²) in [5, 5.41) is 4.09. The number of benzene rings is 1. The van der Waals surface area contributed by atoms with E-state index >= 15 is 0 Å². The molecule has 1 aromatic heterocycles. The Morgan fingerprint density at radius 1 is 1.35 bits per heavy atom. The molecule has 2 aromatic rings. The third-order valence-electron chi connectivity index (χ3n) is 4.16. The third kappa shape index (κ3) is 3.73. The summed E-state index contributed by atoms with van der Waals surface area (Å²) in [7, 11) is 0. The van der Waals surface area contributed by atoms with Crippen molar-refractivity contribution >= 4 is 5.91 Å².